The topological polar surface area (TPSA) is 9.23 Å². The number of allylic oxidation sites excluding steroid dienone is 4. The van der Waals surface area contributed by atoms with Crippen LogP contribution in [0.15, 0.2) is 36.1 Å². The Labute approximate surface area is 68.1 Å². The summed E-state index contributed by atoms with van der Waals surface area (Å²) in [6, 6.07) is 0. The van der Waals surface area contributed by atoms with Gasteiger partial charge in [0.1, 0.15) is 5.76 Å². The molecule has 1 fully saturated rings. The summed E-state index contributed by atoms with van der Waals surface area (Å²) in [5, 5.41) is 0. The molecule has 0 aliphatic carbocycles. The zero-order valence-electron chi connectivity index (χ0n) is 6.97. The van der Waals surface area contributed by atoms with Gasteiger partial charge < -0.3 is 4.74 Å². The van der Waals surface area contributed by atoms with E-state index in [1.54, 1.807) is 6.08 Å². The van der Waals surface area contributed by atoms with Crippen LogP contribution in [0.1, 0.15) is 19.8 Å². The maximum absolute atomic E-state index is 5.44. The minimum Gasteiger partial charge on any atom is -0.493 e. The fourth-order valence-corrected chi connectivity index (χ4v) is 1.21. The van der Waals surface area contributed by atoms with E-state index >= 15 is 0 Å². The van der Waals surface area contributed by atoms with Crippen molar-refractivity contribution in [3.8, 4) is 0 Å². The first-order chi connectivity index (χ1) is 5.38. The molecule has 0 aromatic rings. The summed E-state index contributed by atoms with van der Waals surface area (Å²) in [6.45, 7) is 6.53. The summed E-state index contributed by atoms with van der Waals surface area (Å²) < 4.78 is 5.44. The lowest BCUT2D eigenvalue weighted by Gasteiger charge is -2.18. The highest BCUT2D eigenvalue weighted by molar-refractivity contribution is 5.29. The number of rotatable bonds is 1. The second-order valence-electron chi connectivity index (χ2n) is 2.53. The third-order valence-electron chi connectivity index (χ3n) is 1.78. The highest BCUT2D eigenvalue weighted by atomic mass is 16.5. The van der Waals surface area contributed by atoms with Gasteiger partial charge in [0, 0.05) is 0 Å². The van der Waals surface area contributed by atoms with Crippen LogP contribution in [-0.2, 0) is 4.74 Å². The Morgan fingerprint density at radius 1 is 1.55 bits per heavy atom. The van der Waals surface area contributed by atoms with Gasteiger partial charge in [-0.15, -0.1) is 0 Å². The van der Waals surface area contributed by atoms with Gasteiger partial charge in [-0.1, -0.05) is 18.7 Å². The zero-order chi connectivity index (χ0) is 8.10. The van der Waals surface area contributed by atoms with Gasteiger partial charge in [-0.3, -0.25) is 0 Å². The molecular formula is C10H14O. The largest absolute Gasteiger partial charge is 0.493 e. The molecular weight excluding hydrogens is 136 g/mol. The van der Waals surface area contributed by atoms with Crippen molar-refractivity contribution in [3.05, 3.63) is 36.1 Å². The lowest BCUT2D eigenvalue weighted by Crippen LogP contribution is -2.05. The molecule has 0 aromatic carbocycles. The molecule has 1 saturated heterocycles. The Balaban J connectivity index is 2.74. The number of hydrogen-bond donors (Lipinski definition) is 0. The van der Waals surface area contributed by atoms with Gasteiger partial charge in [-0.25, -0.2) is 0 Å². The van der Waals surface area contributed by atoms with Gasteiger partial charge in [0.25, 0.3) is 0 Å². The summed E-state index contributed by atoms with van der Waals surface area (Å²) in [7, 11) is 0. The molecule has 0 radical (unpaired) electrons. The summed E-state index contributed by atoms with van der Waals surface area (Å²) >= 11 is 0. The van der Waals surface area contributed by atoms with Crippen molar-refractivity contribution >= 4 is 0 Å². The first kappa shape index (κ1) is 8.12. The molecule has 0 unspecified atom stereocenters. The summed E-state index contributed by atoms with van der Waals surface area (Å²) in [4.78, 5) is 0. The van der Waals surface area contributed by atoms with Gasteiger partial charge in [-0.05, 0) is 31.4 Å². The van der Waals surface area contributed by atoms with Gasteiger partial charge in [-0.2, -0.15) is 0 Å². The standard InChI is InChI=1S/C10H14O/c1-3-6-10-9(4-2)7-5-8-11-10/h3-4,6H,1,5,7-8H2,2H3/b9-4-,10-6+. The quantitative estimate of drug-likeness (QED) is 0.558. The molecule has 1 nitrogen and oxygen atoms in total. The van der Waals surface area contributed by atoms with Crippen LogP contribution in [0.4, 0.5) is 0 Å². The van der Waals surface area contributed by atoms with E-state index in [2.05, 4.69) is 12.7 Å². The molecule has 1 heterocycles. The van der Waals surface area contributed by atoms with E-state index < -0.39 is 0 Å². The SMILES string of the molecule is C=C/C=C1/OCCC/C1=C/C. The van der Waals surface area contributed by atoms with Gasteiger partial charge >= 0.3 is 0 Å². The summed E-state index contributed by atoms with van der Waals surface area (Å²) in [5.41, 5.74) is 1.30. The first-order valence-electron chi connectivity index (χ1n) is 3.99. The zero-order valence-corrected chi connectivity index (χ0v) is 6.97. The first-order valence-corrected chi connectivity index (χ1v) is 3.99. The molecule has 0 atom stereocenters. The van der Waals surface area contributed by atoms with Crippen LogP contribution in [0.25, 0.3) is 0 Å². The van der Waals surface area contributed by atoms with E-state index in [1.807, 2.05) is 13.0 Å². The molecule has 1 aliphatic heterocycles. The molecule has 0 saturated carbocycles. The maximum atomic E-state index is 5.44. The van der Waals surface area contributed by atoms with Crippen LogP contribution in [0, 0.1) is 0 Å². The van der Waals surface area contributed by atoms with Crippen LogP contribution in [-0.4, -0.2) is 6.61 Å². The second-order valence-corrected chi connectivity index (χ2v) is 2.53. The molecule has 60 valence electrons. The Hall–Kier alpha value is -0.980. The van der Waals surface area contributed by atoms with E-state index in [-0.39, 0.29) is 0 Å². The molecule has 11 heavy (non-hydrogen) atoms. The highest BCUT2D eigenvalue weighted by Gasteiger charge is 2.09. The predicted molar refractivity (Wildman–Crippen MR) is 47.2 cm³/mol. The molecule has 1 aliphatic rings. The van der Waals surface area contributed by atoms with Crippen molar-refractivity contribution < 1.29 is 4.74 Å². The minimum atomic E-state index is 0.844. The summed E-state index contributed by atoms with van der Waals surface area (Å²) in [5.74, 6) is 0.994. The molecule has 1 heteroatoms. The number of hydrogen-bond acceptors (Lipinski definition) is 1. The van der Waals surface area contributed by atoms with Crippen LogP contribution in [0.2, 0.25) is 0 Å². The van der Waals surface area contributed by atoms with Gasteiger partial charge in [0.05, 0.1) is 6.61 Å². The third-order valence-corrected chi connectivity index (χ3v) is 1.78. The second kappa shape index (κ2) is 4.02. The fraction of sp³-hybridized carbons (Fsp3) is 0.400. The monoisotopic (exact) mass is 150 g/mol. The van der Waals surface area contributed by atoms with E-state index in [4.69, 9.17) is 4.74 Å². The molecule has 0 spiro atoms. The van der Waals surface area contributed by atoms with Crippen molar-refractivity contribution in [2.24, 2.45) is 0 Å². The molecule has 0 N–H and O–H groups in total. The van der Waals surface area contributed by atoms with E-state index in [9.17, 15) is 0 Å². The van der Waals surface area contributed by atoms with Crippen LogP contribution in [0.3, 0.4) is 0 Å². The van der Waals surface area contributed by atoms with Crippen molar-refractivity contribution in [1.82, 2.24) is 0 Å². The normalized spacial score (nSPS) is 25.2. The lowest BCUT2D eigenvalue weighted by molar-refractivity contribution is 0.194. The predicted octanol–water partition coefficient (Wildman–Crippen LogP) is 2.81. The summed E-state index contributed by atoms with van der Waals surface area (Å²) in [6.07, 6.45) is 8.07. The fourth-order valence-electron chi connectivity index (χ4n) is 1.21. The average molecular weight is 150 g/mol. The Bertz CT molecular complexity index is 199. The van der Waals surface area contributed by atoms with Crippen molar-refractivity contribution in [3.63, 3.8) is 0 Å². The Kier molecular flexibility index (Phi) is 2.96. The van der Waals surface area contributed by atoms with Crippen LogP contribution >= 0.6 is 0 Å². The molecule has 0 aromatic heterocycles. The van der Waals surface area contributed by atoms with Crippen molar-refractivity contribution in [2.75, 3.05) is 6.61 Å². The average Bonchev–Trinajstić information content (AvgIpc) is 2.06. The van der Waals surface area contributed by atoms with Gasteiger partial charge in [0.2, 0.25) is 0 Å². The van der Waals surface area contributed by atoms with Gasteiger partial charge in [0.15, 0.2) is 0 Å². The lowest BCUT2D eigenvalue weighted by atomic mass is 10.1. The molecule has 0 amide bonds. The van der Waals surface area contributed by atoms with E-state index in [1.165, 1.54) is 5.57 Å². The Morgan fingerprint density at radius 3 is 3.00 bits per heavy atom. The molecule has 1 rings (SSSR count). The maximum Gasteiger partial charge on any atom is 0.122 e. The highest BCUT2D eigenvalue weighted by Crippen LogP contribution is 2.22. The minimum absolute atomic E-state index is 0.844. The van der Waals surface area contributed by atoms with Crippen molar-refractivity contribution in [2.45, 2.75) is 19.8 Å². The van der Waals surface area contributed by atoms with Crippen LogP contribution in [0.5, 0.6) is 0 Å². The van der Waals surface area contributed by atoms with Crippen molar-refractivity contribution in [1.29, 1.82) is 0 Å². The van der Waals surface area contributed by atoms with Crippen LogP contribution < -0.4 is 0 Å². The van der Waals surface area contributed by atoms with E-state index in [0.717, 1.165) is 25.2 Å². The smallest absolute Gasteiger partial charge is 0.122 e. The Morgan fingerprint density at radius 2 is 2.36 bits per heavy atom. The number of ether oxygens (including phenoxy) is 1. The molecule has 0 bridgehead atoms. The van der Waals surface area contributed by atoms with E-state index in [0.29, 0.717) is 0 Å². The third kappa shape index (κ3) is 1.97.